The smallest absolute Gasteiger partial charge is 0.0125 e. The molecule has 0 N–H and O–H groups in total. The van der Waals surface area contributed by atoms with Crippen LogP contribution < -0.4 is 0 Å². The Morgan fingerprint density at radius 2 is 1.90 bits per heavy atom. The van der Waals surface area contributed by atoms with Gasteiger partial charge in [0.25, 0.3) is 0 Å². The molecule has 0 aromatic rings. The highest BCUT2D eigenvalue weighted by molar-refractivity contribution is 7.80. The topological polar surface area (TPSA) is 3.24 Å². The Balaban J connectivity index is 2.26. The van der Waals surface area contributed by atoms with E-state index in [1.165, 1.54) is 13.1 Å². The van der Waals surface area contributed by atoms with Crippen molar-refractivity contribution in [3.8, 4) is 0 Å². The van der Waals surface area contributed by atoms with Crippen LogP contribution in [0.1, 0.15) is 20.8 Å². The molecule has 1 fully saturated rings. The average Bonchev–Trinajstić information content (AvgIpc) is 1.57. The molecule has 0 amide bonds. The summed E-state index contributed by atoms with van der Waals surface area (Å²) in [6.07, 6.45) is 0. The highest BCUT2D eigenvalue weighted by Crippen LogP contribution is 2.25. The lowest BCUT2D eigenvalue weighted by molar-refractivity contribution is 0.0247. The average molecular weight is 159 g/mol. The van der Waals surface area contributed by atoms with Gasteiger partial charge in [0.15, 0.2) is 0 Å². The van der Waals surface area contributed by atoms with E-state index in [9.17, 15) is 0 Å². The van der Waals surface area contributed by atoms with E-state index in [2.05, 4.69) is 38.3 Å². The molecule has 2 heteroatoms. The van der Waals surface area contributed by atoms with Crippen LogP contribution >= 0.6 is 12.6 Å². The quantitative estimate of drug-likeness (QED) is 0.569. The monoisotopic (exact) mass is 159 g/mol. The van der Waals surface area contributed by atoms with Crippen molar-refractivity contribution in [1.29, 1.82) is 0 Å². The molecule has 0 spiro atoms. The van der Waals surface area contributed by atoms with Gasteiger partial charge < -0.3 is 0 Å². The van der Waals surface area contributed by atoms with Crippen LogP contribution in [0.3, 0.4) is 0 Å². The molecule has 60 valence electrons. The summed E-state index contributed by atoms with van der Waals surface area (Å²) in [6.45, 7) is 9.28. The van der Waals surface area contributed by atoms with Crippen molar-refractivity contribution in [2.45, 2.75) is 26.3 Å². The van der Waals surface area contributed by atoms with Crippen LogP contribution in [0.25, 0.3) is 0 Å². The van der Waals surface area contributed by atoms with Gasteiger partial charge in [0, 0.05) is 18.6 Å². The molecule has 0 unspecified atom stereocenters. The lowest BCUT2D eigenvalue weighted by atomic mass is 9.94. The Morgan fingerprint density at radius 1 is 1.40 bits per heavy atom. The number of rotatable bonds is 1. The molecular formula is C8H17NS. The normalized spacial score (nSPS) is 22.8. The standard InChI is InChI=1S/C8H17NS/c1-8(2,3)9-4-7(5-9)6-10/h7,10H,4-6H2,1-3H3. The molecule has 10 heavy (non-hydrogen) atoms. The summed E-state index contributed by atoms with van der Waals surface area (Å²) in [5.74, 6) is 1.90. The molecular weight excluding hydrogens is 142 g/mol. The fraction of sp³-hybridized carbons (Fsp3) is 1.00. The van der Waals surface area contributed by atoms with Crippen LogP contribution in [0.15, 0.2) is 0 Å². The first-order valence-corrected chi connectivity index (χ1v) is 4.53. The number of hydrogen-bond acceptors (Lipinski definition) is 2. The van der Waals surface area contributed by atoms with Crippen molar-refractivity contribution >= 4 is 12.6 Å². The van der Waals surface area contributed by atoms with Crippen LogP contribution in [-0.2, 0) is 0 Å². The molecule has 1 aliphatic heterocycles. The van der Waals surface area contributed by atoms with E-state index in [0.29, 0.717) is 5.54 Å². The zero-order valence-electron chi connectivity index (χ0n) is 7.09. The van der Waals surface area contributed by atoms with Crippen molar-refractivity contribution in [2.24, 2.45) is 5.92 Å². The maximum absolute atomic E-state index is 4.26. The van der Waals surface area contributed by atoms with Gasteiger partial charge in [0.2, 0.25) is 0 Å². The summed E-state index contributed by atoms with van der Waals surface area (Å²) in [7, 11) is 0. The molecule has 0 aromatic heterocycles. The molecule has 1 rings (SSSR count). The van der Waals surface area contributed by atoms with E-state index < -0.39 is 0 Å². The highest BCUT2D eigenvalue weighted by Gasteiger charge is 2.32. The second-order valence-corrected chi connectivity index (χ2v) is 4.49. The predicted octanol–water partition coefficient (Wildman–Crippen LogP) is 1.65. The van der Waals surface area contributed by atoms with Gasteiger partial charge >= 0.3 is 0 Å². The molecule has 1 nitrogen and oxygen atoms in total. The zero-order valence-corrected chi connectivity index (χ0v) is 7.99. The first kappa shape index (κ1) is 8.41. The second kappa shape index (κ2) is 2.74. The molecule has 0 aromatic carbocycles. The van der Waals surface area contributed by atoms with Gasteiger partial charge in [0.1, 0.15) is 0 Å². The van der Waals surface area contributed by atoms with Crippen molar-refractivity contribution in [3.63, 3.8) is 0 Å². The Morgan fingerprint density at radius 3 is 2.20 bits per heavy atom. The van der Waals surface area contributed by atoms with Crippen LogP contribution in [0.4, 0.5) is 0 Å². The van der Waals surface area contributed by atoms with Gasteiger partial charge in [-0.25, -0.2) is 0 Å². The number of hydrogen-bond donors (Lipinski definition) is 1. The fourth-order valence-corrected chi connectivity index (χ4v) is 1.46. The van der Waals surface area contributed by atoms with Crippen molar-refractivity contribution in [2.75, 3.05) is 18.8 Å². The molecule has 0 saturated carbocycles. The van der Waals surface area contributed by atoms with Crippen LogP contribution in [0.2, 0.25) is 0 Å². The maximum atomic E-state index is 4.26. The molecule has 1 heterocycles. The summed E-state index contributed by atoms with van der Waals surface area (Å²) in [6, 6.07) is 0. The van der Waals surface area contributed by atoms with Crippen molar-refractivity contribution in [3.05, 3.63) is 0 Å². The molecule has 0 bridgehead atoms. The number of thiol groups is 1. The number of nitrogens with zero attached hydrogens (tertiary/aromatic N) is 1. The Bertz CT molecular complexity index is 111. The summed E-state index contributed by atoms with van der Waals surface area (Å²) in [5, 5.41) is 0. The Hall–Kier alpha value is 0.310. The van der Waals surface area contributed by atoms with Crippen LogP contribution in [0.5, 0.6) is 0 Å². The van der Waals surface area contributed by atoms with Crippen molar-refractivity contribution in [1.82, 2.24) is 4.90 Å². The third-order valence-corrected chi connectivity index (χ3v) is 2.68. The van der Waals surface area contributed by atoms with Gasteiger partial charge in [-0.3, -0.25) is 4.90 Å². The molecule has 0 atom stereocenters. The lowest BCUT2D eigenvalue weighted by Gasteiger charge is -2.47. The van der Waals surface area contributed by atoms with Gasteiger partial charge in [-0.2, -0.15) is 12.6 Å². The van der Waals surface area contributed by atoms with Gasteiger partial charge in [0.05, 0.1) is 0 Å². The van der Waals surface area contributed by atoms with E-state index in [4.69, 9.17) is 0 Å². The molecule has 1 aliphatic rings. The van der Waals surface area contributed by atoms with E-state index in [1.807, 2.05) is 0 Å². The van der Waals surface area contributed by atoms with Gasteiger partial charge in [-0.15, -0.1) is 0 Å². The second-order valence-electron chi connectivity index (χ2n) is 4.12. The Labute approximate surface area is 69.2 Å². The molecule has 0 radical (unpaired) electrons. The lowest BCUT2D eigenvalue weighted by Crippen LogP contribution is -2.56. The zero-order chi connectivity index (χ0) is 7.78. The van der Waals surface area contributed by atoms with E-state index in [1.54, 1.807) is 0 Å². The minimum Gasteiger partial charge on any atom is -0.298 e. The summed E-state index contributed by atoms with van der Waals surface area (Å²) < 4.78 is 0. The largest absolute Gasteiger partial charge is 0.298 e. The predicted molar refractivity (Wildman–Crippen MR) is 48.7 cm³/mol. The van der Waals surface area contributed by atoms with E-state index in [-0.39, 0.29) is 0 Å². The van der Waals surface area contributed by atoms with Gasteiger partial charge in [-0.05, 0) is 32.4 Å². The van der Waals surface area contributed by atoms with E-state index >= 15 is 0 Å². The summed E-state index contributed by atoms with van der Waals surface area (Å²) in [4.78, 5) is 2.49. The number of likely N-dealkylation sites (tertiary alicyclic amines) is 1. The summed E-state index contributed by atoms with van der Waals surface area (Å²) >= 11 is 4.26. The van der Waals surface area contributed by atoms with Gasteiger partial charge in [-0.1, -0.05) is 0 Å². The van der Waals surface area contributed by atoms with Crippen LogP contribution in [0, 0.1) is 5.92 Å². The van der Waals surface area contributed by atoms with Crippen LogP contribution in [-0.4, -0.2) is 29.3 Å². The third-order valence-electron chi connectivity index (χ3n) is 2.16. The third kappa shape index (κ3) is 1.67. The first-order chi connectivity index (χ1) is 4.54. The molecule has 1 saturated heterocycles. The molecule has 0 aliphatic carbocycles. The minimum absolute atomic E-state index is 0.374. The maximum Gasteiger partial charge on any atom is 0.0125 e. The first-order valence-electron chi connectivity index (χ1n) is 3.90. The fourth-order valence-electron chi connectivity index (χ4n) is 1.23. The SMILES string of the molecule is CC(C)(C)N1CC(CS)C1. The van der Waals surface area contributed by atoms with Crippen molar-refractivity contribution < 1.29 is 0 Å². The minimum atomic E-state index is 0.374. The summed E-state index contributed by atoms with van der Waals surface area (Å²) in [5.41, 5.74) is 0.374. The highest BCUT2D eigenvalue weighted by atomic mass is 32.1. The Kier molecular flexibility index (Phi) is 2.31. The van der Waals surface area contributed by atoms with E-state index in [0.717, 1.165) is 11.7 Å².